The molecule has 2 aromatic carbocycles. The molecule has 0 atom stereocenters. The van der Waals surface area contributed by atoms with E-state index in [0.29, 0.717) is 24.3 Å². The Balaban J connectivity index is 1.33. The number of sulfonamides is 1. The fraction of sp³-hybridized carbons (Fsp3) is 0.182. The zero-order chi connectivity index (χ0) is 22.6. The Morgan fingerprint density at radius 2 is 1.62 bits per heavy atom. The van der Waals surface area contributed by atoms with Gasteiger partial charge in [0, 0.05) is 24.7 Å². The lowest BCUT2D eigenvalue weighted by Gasteiger charge is -2.15. The van der Waals surface area contributed by atoms with Gasteiger partial charge in [-0.1, -0.05) is 12.1 Å². The first kappa shape index (κ1) is 21.6. The first-order chi connectivity index (χ1) is 15.4. The lowest BCUT2D eigenvalue weighted by Crippen LogP contribution is -2.40. The van der Waals surface area contributed by atoms with Crippen LogP contribution < -0.4 is 10.9 Å². The van der Waals surface area contributed by atoms with Crippen LogP contribution in [0.2, 0.25) is 0 Å². The second-order valence-corrected chi connectivity index (χ2v) is 9.13. The Morgan fingerprint density at radius 1 is 0.938 bits per heavy atom. The minimum absolute atomic E-state index is 0.138. The SMILES string of the molecule is O=C(/C=C/c1cnc2ccccc2n1)NNC(=O)c1ccc(S(=O)(=O)N2CCCC2)cc1. The summed E-state index contributed by atoms with van der Waals surface area (Å²) in [7, 11) is -3.54. The molecule has 0 saturated carbocycles. The smallest absolute Gasteiger partial charge is 0.268 e. The van der Waals surface area contributed by atoms with Gasteiger partial charge in [0.15, 0.2) is 0 Å². The van der Waals surface area contributed by atoms with Crippen LogP contribution in [0.4, 0.5) is 0 Å². The maximum atomic E-state index is 12.5. The molecule has 2 N–H and O–H groups in total. The van der Waals surface area contributed by atoms with Gasteiger partial charge in [-0.2, -0.15) is 4.31 Å². The Morgan fingerprint density at radius 3 is 2.34 bits per heavy atom. The third-order valence-corrected chi connectivity index (χ3v) is 6.90. The van der Waals surface area contributed by atoms with Crippen molar-refractivity contribution in [3.8, 4) is 0 Å². The van der Waals surface area contributed by atoms with E-state index >= 15 is 0 Å². The number of hydrogen-bond acceptors (Lipinski definition) is 6. The number of nitrogens with one attached hydrogen (secondary N) is 2. The molecule has 1 aromatic heterocycles. The van der Waals surface area contributed by atoms with Crippen LogP contribution in [0.15, 0.2) is 65.7 Å². The van der Waals surface area contributed by atoms with E-state index in [4.69, 9.17) is 0 Å². The van der Waals surface area contributed by atoms with Crippen molar-refractivity contribution >= 4 is 38.9 Å². The Hall–Kier alpha value is -3.63. The van der Waals surface area contributed by atoms with E-state index in [2.05, 4.69) is 20.8 Å². The molecule has 1 saturated heterocycles. The molecule has 0 spiro atoms. The van der Waals surface area contributed by atoms with Gasteiger partial charge in [-0.05, 0) is 55.3 Å². The third kappa shape index (κ3) is 4.82. The van der Waals surface area contributed by atoms with E-state index in [9.17, 15) is 18.0 Å². The number of carbonyl (C=O) groups is 2. The van der Waals surface area contributed by atoms with Crippen LogP contribution in [0.1, 0.15) is 28.9 Å². The highest BCUT2D eigenvalue weighted by Gasteiger charge is 2.27. The van der Waals surface area contributed by atoms with Crippen molar-refractivity contribution in [3.05, 3.63) is 72.1 Å². The minimum Gasteiger partial charge on any atom is -0.268 e. The zero-order valence-electron chi connectivity index (χ0n) is 17.1. The fourth-order valence-electron chi connectivity index (χ4n) is 3.30. The summed E-state index contributed by atoms with van der Waals surface area (Å²) in [5, 5.41) is 0. The predicted octanol–water partition coefficient (Wildman–Crippen LogP) is 1.89. The number of fused-ring (bicyclic) bond motifs is 1. The number of nitrogens with zero attached hydrogens (tertiary/aromatic N) is 3. The molecule has 2 heterocycles. The van der Waals surface area contributed by atoms with E-state index in [1.165, 1.54) is 40.7 Å². The molecule has 0 aliphatic carbocycles. The van der Waals surface area contributed by atoms with Gasteiger partial charge in [-0.25, -0.2) is 13.4 Å². The monoisotopic (exact) mass is 451 g/mol. The topological polar surface area (TPSA) is 121 Å². The second-order valence-electron chi connectivity index (χ2n) is 7.20. The summed E-state index contributed by atoms with van der Waals surface area (Å²) >= 11 is 0. The molecule has 9 nitrogen and oxygen atoms in total. The first-order valence-corrected chi connectivity index (χ1v) is 11.5. The highest BCUT2D eigenvalue weighted by molar-refractivity contribution is 7.89. The van der Waals surface area contributed by atoms with E-state index in [0.717, 1.165) is 18.4 Å². The summed E-state index contributed by atoms with van der Waals surface area (Å²) in [6.45, 7) is 1.02. The molecule has 32 heavy (non-hydrogen) atoms. The Labute approximate surface area is 185 Å². The average molecular weight is 452 g/mol. The number of amides is 2. The van der Waals surface area contributed by atoms with Crippen molar-refractivity contribution in [2.24, 2.45) is 0 Å². The van der Waals surface area contributed by atoms with Crippen molar-refractivity contribution in [2.75, 3.05) is 13.1 Å². The summed E-state index contributed by atoms with van der Waals surface area (Å²) in [5.74, 6) is -1.12. The van der Waals surface area contributed by atoms with Gasteiger partial charge < -0.3 is 0 Å². The molecule has 0 bridgehead atoms. The Kier molecular flexibility index (Phi) is 6.24. The van der Waals surface area contributed by atoms with Gasteiger partial charge in [0.25, 0.3) is 11.8 Å². The highest BCUT2D eigenvalue weighted by atomic mass is 32.2. The first-order valence-electron chi connectivity index (χ1n) is 10.0. The van der Waals surface area contributed by atoms with Gasteiger partial charge in [-0.3, -0.25) is 25.4 Å². The summed E-state index contributed by atoms with van der Waals surface area (Å²) < 4.78 is 26.5. The number of aromatic nitrogens is 2. The van der Waals surface area contributed by atoms with Crippen LogP contribution in [0.25, 0.3) is 17.1 Å². The average Bonchev–Trinajstić information content (AvgIpc) is 3.37. The third-order valence-electron chi connectivity index (χ3n) is 4.99. The molecule has 4 rings (SSSR count). The predicted molar refractivity (Wildman–Crippen MR) is 119 cm³/mol. The summed E-state index contributed by atoms with van der Waals surface area (Å²) in [6.07, 6.45) is 5.95. The lowest BCUT2D eigenvalue weighted by molar-refractivity contribution is -0.117. The molecular weight excluding hydrogens is 430 g/mol. The highest BCUT2D eigenvalue weighted by Crippen LogP contribution is 2.21. The Bertz CT molecular complexity index is 1280. The van der Waals surface area contributed by atoms with Crippen LogP contribution in [0.3, 0.4) is 0 Å². The van der Waals surface area contributed by atoms with Gasteiger partial charge in [-0.15, -0.1) is 0 Å². The molecular formula is C22H21N5O4S. The summed E-state index contributed by atoms with van der Waals surface area (Å²) in [4.78, 5) is 33.0. The maximum absolute atomic E-state index is 12.5. The van der Waals surface area contributed by atoms with Gasteiger partial charge in [0.1, 0.15) is 0 Å². The molecule has 0 unspecified atom stereocenters. The lowest BCUT2D eigenvalue weighted by atomic mass is 10.2. The maximum Gasteiger partial charge on any atom is 0.269 e. The molecule has 10 heteroatoms. The second kappa shape index (κ2) is 9.25. The van der Waals surface area contributed by atoms with Crippen LogP contribution in [-0.2, 0) is 14.8 Å². The minimum atomic E-state index is -3.54. The number of para-hydroxylation sites is 2. The molecule has 1 aliphatic heterocycles. The molecule has 164 valence electrons. The van der Waals surface area contributed by atoms with Crippen LogP contribution in [0.5, 0.6) is 0 Å². The van der Waals surface area contributed by atoms with Crippen molar-refractivity contribution < 1.29 is 18.0 Å². The van der Waals surface area contributed by atoms with Crippen LogP contribution in [-0.4, -0.2) is 47.6 Å². The summed E-state index contributed by atoms with van der Waals surface area (Å²) in [6, 6.07) is 13.0. The van der Waals surface area contributed by atoms with Crippen molar-refractivity contribution in [1.82, 2.24) is 25.1 Å². The van der Waals surface area contributed by atoms with Crippen LogP contribution in [0, 0.1) is 0 Å². The molecule has 0 radical (unpaired) electrons. The fourth-order valence-corrected chi connectivity index (χ4v) is 4.82. The molecule has 1 aliphatic rings. The van der Waals surface area contributed by atoms with E-state index in [1.54, 1.807) is 6.20 Å². The normalized spacial score (nSPS) is 14.6. The largest absolute Gasteiger partial charge is 0.269 e. The zero-order valence-corrected chi connectivity index (χ0v) is 17.9. The number of rotatable bonds is 5. The molecule has 2 amide bonds. The number of benzene rings is 2. The van der Waals surface area contributed by atoms with Gasteiger partial charge in [0.2, 0.25) is 10.0 Å². The molecule has 3 aromatic rings. The number of carbonyl (C=O) groups excluding carboxylic acids is 2. The quantitative estimate of drug-likeness (QED) is 0.451. The van der Waals surface area contributed by atoms with E-state index < -0.39 is 21.8 Å². The van der Waals surface area contributed by atoms with Gasteiger partial charge >= 0.3 is 0 Å². The number of hydrazine groups is 1. The van der Waals surface area contributed by atoms with E-state index in [-0.39, 0.29) is 10.5 Å². The van der Waals surface area contributed by atoms with Crippen molar-refractivity contribution in [1.29, 1.82) is 0 Å². The van der Waals surface area contributed by atoms with Crippen molar-refractivity contribution in [2.45, 2.75) is 17.7 Å². The van der Waals surface area contributed by atoms with Gasteiger partial charge in [0.05, 0.1) is 27.8 Å². The summed E-state index contributed by atoms with van der Waals surface area (Å²) in [5.41, 5.74) is 6.75. The van der Waals surface area contributed by atoms with E-state index in [1.807, 2.05) is 24.3 Å². The number of hydrogen-bond donors (Lipinski definition) is 2. The van der Waals surface area contributed by atoms with Crippen molar-refractivity contribution in [3.63, 3.8) is 0 Å². The standard InChI is InChI=1S/C22H21N5O4S/c28-21(12-9-17-15-23-19-5-1-2-6-20(19)24-17)25-26-22(29)16-7-10-18(11-8-16)32(30,31)27-13-3-4-14-27/h1-2,5-12,15H,3-4,13-14H2,(H,25,28)(H,26,29)/b12-9+. The molecule has 1 fully saturated rings. The van der Waals surface area contributed by atoms with Crippen LogP contribution >= 0.6 is 0 Å².